The van der Waals surface area contributed by atoms with Crippen LogP contribution in [0.25, 0.3) is 11.1 Å². The van der Waals surface area contributed by atoms with E-state index in [1.807, 2.05) is 0 Å². The molecule has 2 heterocycles. The molecular weight excluding hydrogens is 375 g/mol. The first-order valence-electron chi connectivity index (χ1n) is 8.81. The van der Waals surface area contributed by atoms with Crippen LogP contribution >= 0.6 is 0 Å². The number of ketones is 1. The Morgan fingerprint density at radius 3 is 2.41 bits per heavy atom. The Labute approximate surface area is 164 Å². The van der Waals surface area contributed by atoms with Crippen molar-refractivity contribution in [3.8, 4) is 16.9 Å². The molecule has 0 spiro atoms. The van der Waals surface area contributed by atoms with E-state index in [0.29, 0.717) is 17.7 Å². The van der Waals surface area contributed by atoms with Crippen molar-refractivity contribution in [2.75, 3.05) is 0 Å². The summed E-state index contributed by atoms with van der Waals surface area (Å²) in [5.74, 6) is -1.95. The quantitative estimate of drug-likeness (QED) is 0.505. The Kier molecular flexibility index (Phi) is 4.83. The van der Waals surface area contributed by atoms with E-state index in [1.54, 1.807) is 48.5 Å². The number of rotatable bonds is 5. The molecule has 5 nitrogen and oxygen atoms in total. The summed E-state index contributed by atoms with van der Waals surface area (Å²) in [7, 11) is 0. The van der Waals surface area contributed by atoms with E-state index in [-0.39, 0.29) is 17.1 Å². The first-order valence-corrected chi connectivity index (χ1v) is 8.81. The van der Waals surface area contributed by atoms with Crippen molar-refractivity contribution in [3.05, 3.63) is 112 Å². The number of benzene rings is 2. The number of carbonyl (C=O) groups is 1. The molecule has 6 heteroatoms. The van der Waals surface area contributed by atoms with Crippen LogP contribution in [-0.4, -0.2) is 10.9 Å². The maximum atomic E-state index is 13.0. The van der Waals surface area contributed by atoms with Gasteiger partial charge in [-0.15, -0.1) is 0 Å². The molecule has 0 atom stereocenters. The topological polar surface area (TPSA) is 80.7 Å². The molecule has 0 bridgehead atoms. The zero-order valence-corrected chi connectivity index (χ0v) is 15.1. The van der Waals surface area contributed by atoms with Gasteiger partial charge in [0.05, 0.1) is 5.56 Å². The molecule has 29 heavy (non-hydrogen) atoms. The zero-order chi connectivity index (χ0) is 20.4. The average Bonchev–Trinajstić information content (AvgIpc) is 3.20. The monoisotopic (exact) mass is 390 g/mol. The molecule has 4 rings (SSSR count). The van der Waals surface area contributed by atoms with Crippen LogP contribution in [0.4, 0.5) is 4.39 Å². The molecule has 0 saturated carbocycles. The molecule has 0 amide bonds. The van der Waals surface area contributed by atoms with Crippen LogP contribution in [0.1, 0.15) is 27.6 Å². The lowest BCUT2D eigenvalue weighted by molar-refractivity contribution is 0.0974. The third-order valence-corrected chi connectivity index (χ3v) is 4.44. The molecule has 144 valence electrons. The SMILES string of the molecule is O=C(c1ccc(Cc2ccc(F)cc2)o1)c1occ(-c2ccccc2)c(=O)c1O. The Morgan fingerprint density at radius 1 is 0.966 bits per heavy atom. The second kappa shape index (κ2) is 7.59. The van der Waals surface area contributed by atoms with Crippen molar-refractivity contribution in [1.82, 2.24) is 0 Å². The van der Waals surface area contributed by atoms with Gasteiger partial charge in [0.2, 0.25) is 16.9 Å². The molecule has 0 aliphatic carbocycles. The molecule has 1 N–H and O–H groups in total. The maximum Gasteiger partial charge on any atom is 0.267 e. The zero-order valence-electron chi connectivity index (χ0n) is 15.1. The summed E-state index contributed by atoms with van der Waals surface area (Å²) in [4.78, 5) is 25.1. The van der Waals surface area contributed by atoms with Gasteiger partial charge in [0.25, 0.3) is 5.78 Å². The highest BCUT2D eigenvalue weighted by Crippen LogP contribution is 2.24. The lowest BCUT2D eigenvalue weighted by Crippen LogP contribution is -2.10. The minimum Gasteiger partial charge on any atom is -0.501 e. The molecule has 0 radical (unpaired) electrons. The highest BCUT2D eigenvalue weighted by Gasteiger charge is 2.24. The van der Waals surface area contributed by atoms with Gasteiger partial charge in [-0.1, -0.05) is 42.5 Å². The van der Waals surface area contributed by atoms with Crippen molar-refractivity contribution in [2.45, 2.75) is 6.42 Å². The number of carbonyl (C=O) groups excluding carboxylic acids is 1. The summed E-state index contributed by atoms with van der Waals surface area (Å²) in [5.41, 5.74) is 0.816. The second-order valence-corrected chi connectivity index (χ2v) is 6.42. The van der Waals surface area contributed by atoms with Crippen LogP contribution in [0.3, 0.4) is 0 Å². The molecule has 0 fully saturated rings. The third kappa shape index (κ3) is 3.73. The van der Waals surface area contributed by atoms with E-state index in [4.69, 9.17) is 8.83 Å². The molecule has 0 aliphatic heterocycles. The van der Waals surface area contributed by atoms with Crippen LogP contribution in [0, 0.1) is 5.82 Å². The maximum absolute atomic E-state index is 13.0. The summed E-state index contributed by atoms with van der Waals surface area (Å²) in [6.45, 7) is 0. The van der Waals surface area contributed by atoms with Crippen LogP contribution in [0.2, 0.25) is 0 Å². The largest absolute Gasteiger partial charge is 0.501 e. The van der Waals surface area contributed by atoms with Crippen LogP contribution in [0.15, 0.2) is 86.6 Å². The highest BCUT2D eigenvalue weighted by atomic mass is 19.1. The Morgan fingerprint density at radius 2 is 1.69 bits per heavy atom. The first-order chi connectivity index (χ1) is 14.0. The molecular formula is C23H15FO5. The van der Waals surface area contributed by atoms with E-state index < -0.39 is 22.7 Å². The lowest BCUT2D eigenvalue weighted by Gasteiger charge is -2.04. The van der Waals surface area contributed by atoms with Crippen molar-refractivity contribution >= 4 is 5.78 Å². The van der Waals surface area contributed by atoms with Gasteiger partial charge in [-0.2, -0.15) is 0 Å². The average molecular weight is 390 g/mol. The van der Waals surface area contributed by atoms with Crippen LogP contribution < -0.4 is 5.43 Å². The van der Waals surface area contributed by atoms with Crippen molar-refractivity contribution in [1.29, 1.82) is 0 Å². The van der Waals surface area contributed by atoms with Crippen molar-refractivity contribution < 1.29 is 23.1 Å². The van der Waals surface area contributed by atoms with Gasteiger partial charge in [-0.3, -0.25) is 9.59 Å². The lowest BCUT2D eigenvalue weighted by atomic mass is 10.1. The summed E-state index contributed by atoms with van der Waals surface area (Å²) >= 11 is 0. The highest BCUT2D eigenvalue weighted by molar-refractivity contribution is 6.06. The number of furan rings is 1. The standard InChI is InChI=1S/C23H15FO5/c24-16-8-6-14(7-9-16)12-17-10-11-19(29-17)21(26)23-22(27)20(25)18(13-28-23)15-4-2-1-3-5-15/h1-11,13,27H,12H2. The van der Waals surface area contributed by atoms with Gasteiger partial charge < -0.3 is 13.9 Å². The molecule has 0 aliphatic rings. The van der Waals surface area contributed by atoms with Crippen molar-refractivity contribution in [2.24, 2.45) is 0 Å². The number of aromatic hydroxyl groups is 1. The van der Waals surface area contributed by atoms with Gasteiger partial charge in [-0.25, -0.2) is 4.39 Å². The predicted molar refractivity (Wildman–Crippen MR) is 103 cm³/mol. The van der Waals surface area contributed by atoms with Crippen LogP contribution in [-0.2, 0) is 6.42 Å². The minimum atomic E-state index is -0.771. The van der Waals surface area contributed by atoms with Crippen molar-refractivity contribution in [3.63, 3.8) is 0 Å². The molecule has 2 aromatic carbocycles. The third-order valence-electron chi connectivity index (χ3n) is 4.44. The van der Waals surface area contributed by atoms with Crippen LogP contribution in [0.5, 0.6) is 5.75 Å². The number of hydrogen-bond donors (Lipinski definition) is 1. The van der Waals surface area contributed by atoms with E-state index in [2.05, 4.69) is 0 Å². The Balaban J connectivity index is 1.60. The molecule has 0 unspecified atom stereocenters. The minimum absolute atomic E-state index is 0.0759. The van der Waals surface area contributed by atoms with Gasteiger partial charge in [0.15, 0.2) is 5.76 Å². The smallest absolute Gasteiger partial charge is 0.267 e. The number of hydrogen-bond acceptors (Lipinski definition) is 5. The fourth-order valence-corrected chi connectivity index (χ4v) is 2.95. The fourth-order valence-electron chi connectivity index (χ4n) is 2.95. The van der Waals surface area contributed by atoms with E-state index >= 15 is 0 Å². The van der Waals surface area contributed by atoms with Gasteiger partial charge in [0.1, 0.15) is 17.8 Å². The van der Waals surface area contributed by atoms with Gasteiger partial charge in [0, 0.05) is 6.42 Å². The van der Waals surface area contributed by atoms with Gasteiger partial charge >= 0.3 is 0 Å². The normalized spacial score (nSPS) is 10.8. The van der Waals surface area contributed by atoms with E-state index in [9.17, 15) is 19.1 Å². The summed E-state index contributed by atoms with van der Waals surface area (Å²) in [5, 5.41) is 10.2. The predicted octanol–water partition coefficient (Wildman–Crippen LogP) is 4.57. The first kappa shape index (κ1) is 18.4. The molecule has 0 saturated heterocycles. The van der Waals surface area contributed by atoms with Gasteiger partial charge in [-0.05, 0) is 35.4 Å². The summed E-state index contributed by atoms with van der Waals surface area (Å²) < 4.78 is 23.8. The molecule has 2 aromatic heterocycles. The Hall–Kier alpha value is -3.93. The summed E-state index contributed by atoms with van der Waals surface area (Å²) in [6.07, 6.45) is 1.50. The number of halogens is 1. The summed E-state index contributed by atoms with van der Waals surface area (Å²) in [6, 6.07) is 17.6. The Bertz CT molecular complexity index is 1220. The fraction of sp³-hybridized carbons (Fsp3) is 0.0435. The molecule has 4 aromatic rings. The van der Waals surface area contributed by atoms with E-state index in [0.717, 1.165) is 11.8 Å². The second-order valence-electron chi connectivity index (χ2n) is 6.42. The van der Waals surface area contributed by atoms with E-state index in [1.165, 1.54) is 18.2 Å².